The Bertz CT molecular complexity index is 523. The van der Waals surface area contributed by atoms with Crippen LogP contribution in [0.2, 0.25) is 0 Å². The number of carbonyl (C=O) groups excluding carboxylic acids is 1. The molecular formula is C15H21F2N3O2. The number of carbonyl (C=O) groups is 1. The Balaban J connectivity index is 2.14. The normalized spacial score (nSPS) is 25.7. The SMILES string of the molecule is CC(C)(C=C(C#N)C(=O)N1CCC1CO)N1CCC(F)(F)C1. The van der Waals surface area contributed by atoms with Gasteiger partial charge in [-0.3, -0.25) is 9.69 Å². The van der Waals surface area contributed by atoms with Gasteiger partial charge >= 0.3 is 0 Å². The quantitative estimate of drug-likeness (QED) is 0.624. The average Bonchev–Trinajstić information content (AvgIpc) is 2.76. The minimum atomic E-state index is -2.72. The summed E-state index contributed by atoms with van der Waals surface area (Å²) in [6.45, 7) is 3.67. The van der Waals surface area contributed by atoms with E-state index in [0.717, 1.165) is 0 Å². The maximum atomic E-state index is 13.4. The van der Waals surface area contributed by atoms with Gasteiger partial charge in [0.05, 0.1) is 19.2 Å². The first-order chi connectivity index (χ1) is 10.2. The Morgan fingerprint density at radius 3 is 2.59 bits per heavy atom. The summed E-state index contributed by atoms with van der Waals surface area (Å²) in [5.41, 5.74) is -0.862. The highest BCUT2D eigenvalue weighted by atomic mass is 19.3. The van der Waals surface area contributed by atoms with Crippen molar-refractivity contribution in [2.24, 2.45) is 0 Å². The molecule has 22 heavy (non-hydrogen) atoms. The van der Waals surface area contributed by atoms with Gasteiger partial charge in [-0.1, -0.05) is 0 Å². The summed E-state index contributed by atoms with van der Waals surface area (Å²) in [7, 11) is 0. The number of hydrogen-bond donors (Lipinski definition) is 1. The molecule has 0 radical (unpaired) electrons. The second-order valence-corrected chi connectivity index (χ2v) is 6.47. The lowest BCUT2D eigenvalue weighted by molar-refractivity contribution is -0.135. The van der Waals surface area contributed by atoms with Gasteiger partial charge in [0, 0.05) is 25.0 Å². The summed E-state index contributed by atoms with van der Waals surface area (Å²) in [6.07, 6.45) is 1.96. The molecule has 0 spiro atoms. The van der Waals surface area contributed by atoms with E-state index in [1.165, 1.54) is 11.0 Å². The summed E-state index contributed by atoms with van der Waals surface area (Å²) in [5.74, 6) is -3.16. The van der Waals surface area contributed by atoms with Crippen LogP contribution in [0, 0.1) is 11.3 Å². The number of aliphatic hydroxyl groups excluding tert-OH is 1. The topological polar surface area (TPSA) is 67.6 Å². The van der Waals surface area contributed by atoms with E-state index in [1.807, 2.05) is 6.07 Å². The van der Waals surface area contributed by atoms with Gasteiger partial charge in [-0.2, -0.15) is 5.26 Å². The monoisotopic (exact) mass is 313 g/mol. The summed E-state index contributed by atoms with van der Waals surface area (Å²) < 4.78 is 26.7. The fourth-order valence-corrected chi connectivity index (χ4v) is 2.87. The van der Waals surface area contributed by atoms with E-state index in [-0.39, 0.29) is 37.7 Å². The zero-order valence-corrected chi connectivity index (χ0v) is 12.9. The first-order valence-electron chi connectivity index (χ1n) is 7.38. The van der Waals surface area contributed by atoms with Gasteiger partial charge in [0.2, 0.25) is 0 Å². The van der Waals surface area contributed by atoms with Crippen LogP contribution in [0.15, 0.2) is 11.6 Å². The summed E-state index contributed by atoms with van der Waals surface area (Å²) in [6, 6.07) is 1.62. The van der Waals surface area contributed by atoms with Gasteiger partial charge in [-0.05, 0) is 26.3 Å². The zero-order chi connectivity index (χ0) is 16.5. The molecule has 2 aliphatic rings. The predicted octanol–water partition coefficient (Wildman–Crippen LogP) is 1.15. The van der Waals surface area contributed by atoms with Gasteiger partial charge in [0.15, 0.2) is 0 Å². The van der Waals surface area contributed by atoms with Crippen molar-refractivity contribution < 1.29 is 18.7 Å². The highest BCUT2D eigenvalue weighted by molar-refractivity contribution is 5.98. The number of amides is 1. The molecule has 0 aliphatic carbocycles. The highest BCUT2D eigenvalue weighted by Gasteiger charge is 2.43. The fraction of sp³-hybridized carbons (Fsp3) is 0.733. The molecule has 0 aromatic carbocycles. The Morgan fingerprint density at radius 1 is 1.50 bits per heavy atom. The van der Waals surface area contributed by atoms with Crippen molar-refractivity contribution >= 4 is 5.91 Å². The molecule has 2 fully saturated rings. The minimum absolute atomic E-state index is 0.0571. The van der Waals surface area contributed by atoms with E-state index < -0.39 is 17.4 Å². The van der Waals surface area contributed by atoms with Crippen LogP contribution < -0.4 is 0 Å². The molecule has 2 saturated heterocycles. The second-order valence-electron chi connectivity index (χ2n) is 6.47. The molecule has 1 unspecified atom stereocenters. The fourth-order valence-electron chi connectivity index (χ4n) is 2.87. The molecule has 0 saturated carbocycles. The van der Waals surface area contributed by atoms with E-state index in [0.29, 0.717) is 13.0 Å². The number of hydrogen-bond acceptors (Lipinski definition) is 4. The summed E-state index contributed by atoms with van der Waals surface area (Å²) >= 11 is 0. The van der Waals surface area contributed by atoms with E-state index in [2.05, 4.69) is 0 Å². The van der Waals surface area contributed by atoms with Crippen LogP contribution in [0.4, 0.5) is 8.78 Å². The average molecular weight is 313 g/mol. The number of rotatable bonds is 4. The Morgan fingerprint density at radius 2 is 2.18 bits per heavy atom. The van der Waals surface area contributed by atoms with E-state index in [9.17, 15) is 18.8 Å². The Kier molecular flexibility index (Phi) is 4.54. The number of aliphatic hydroxyl groups is 1. The number of halogens is 2. The van der Waals surface area contributed by atoms with E-state index >= 15 is 0 Å². The molecule has 0 aromatic rings. The number of nitrogens with zero attached hydrogens (tertiary/aromatic N) is 3. The molecule has 2 aliphatic heterocycles. The lowest BCUT2D eigenvalue weighted by Crippen LogP contribution is -2.53. The van der Waals surface area contributed by atoms with E-state index in [4.69, 9.17) is 5.11 Å². The Hall–Kier alpha value is -1.52. The molecule has 0 bridgehead atoms. The van der Waals surface area contributed by atoms with Gasteiger partial charge in [-0.15, -0.1) is 0 Å². The zero-order valence-electron chi connectivity index (χ0n) is 12.9. The third-order valence-corrected chi connectivity index (χ3v) is 4.45. The van der Waals surface area contributed by atoms with Crippen molar-refractivity contribution in [3.05, 3.63) is 11.6 Å². The standard InChI is InChI=1S/C15H21F2N3O2/c1-14(2,19-6-4-15(16,17)10-19)7-11(8-18)13(22)20-5-3-12(20)9-21/h7,12,21H,3-6,9-10H2,1-2H3. The molecule has 2 heterocycles. The highest BCUT2D eigenvalue weighted by Crippen LogP contribution is 2.33. The minimum Gasteiger partial charge on any atom is -0.394 e. The van der Waals surface area contributed by atoms with Crippen LogP contribution in [0.1, 0.15) is 26.7 Å². The molecule has 122 valence electrons. The van der Waals surface area contributed by atoms with Crippen LogP contribution in [-0.4, -0.2) is 64.6 Å². The largest absolute Gasteiger partial charge is 0.394 e. The lowest BCUT2D eigenvalue weighted by Gasteiger charge is -2.40. The third-order valence-electron chi connectivity index (χ3n) is 4.45. The van der Waals surface area contributed by atoms with Crippen LogP contribution in [0.3, 0.4) is 0 Å². The van der Waals surface area contributed by atoms with Crippen molar-refractivity contribution in [2.45, 2.75) is 44.2 Å². The molecule has 1 amide bonds. The smallest absolute Gasteiger partial charge is 0.264 e. The Labute approximate surface area is 128 Å². The predicted molar refractivity (Wildman–Crippen MR) is 76.1 cm³/mol. The van der Waals surface area contributed by atoms with Crippen LogP contribution in [-0.2, 0) is 4.79 Å². The van der Waals surface area contributed by atoms with Gasteiger partial charge < -0.3 is 10.0 Å². The number of likely N-dealkylation sites (tertiary alicyclic amines) is 2. The third kappa shape index (κ3) is 3.28. The van der Waals surface area contributed by atoms with Crippen molar-refractivity contribution in [2.75, 3.05) is 26.2 Å². The molecule has 1 N–H and O–H groups in total. The first-order valence-corrected chi connectivity index (χ1v) is 7.38. The molecule has 1 atom stereocenters. The molecular weight excluding hydrogens is 292 g/mol. The maximum Gasteiger partial charge on any atom is 0.264 e. The lowest BCUT2D eigenvalue weighted by atomic mass is 9.96. The van der Waals surface area contributed by atoms with Crippen LogP contribution >= 0.6 is 0 Å². The molecule has 7 heteroatoms. The van der Waals surface area contributed by atoms with Crippen LogP contribution in [0.25, 0.3) is 0 Å². The first kappa shape index (κ1) is 16.8. The molecule has 5 nitrogen and oxygen atoms in total. The molecule has 2 rings (SSSR count). The van der Waals surface area contributed by atoms with Crippen molar-refractivity contribution in [1.29, 1.82) is 5.26 Å². The second kappa shape index (κ2) is 5.94. The van der Waals surface area contributed by atoms with Crippen molar-refractivity contribution in [3.8, 4) is 6.07 Å². The van der Waals surface area contributed by atoms with Crippen molar-refractivity contribution in [1.82, 2.24) is 9.80 Å². The number of alkyl halides is 2. The summed E-state index contributed by atoms with van der Waals surface area (Å²) in [5, 5.41) is 18.4. The maximum absolute atomic E-state index is 13.4. The van der Waals surface area contributed by atoms with E-state index in [1.54, 1.807) is 18.7 Å². The summed E-state index contributed by atoms with van der Waals surface area (Å²) in [4.78, 5) is 15.3. The van der Waals surface area contributed by atoms with Gasteiger partial charge in [-0.25, -0.2) is 8.78 Å². The molecule has 0 aromatic heterocycles. The van der Waals surface area contributed by atoms with Gasteiger partial charge in [0.1, 0.15) is 11.6 Å². The van der Waals surface area contributed by atoms with Crippen LogP contribution in [0.5, 0.6) is 0 Å². The van der Waals surface area contributed by atoms with Gasteiger partial charge in [0.25, 0.3) is 11.8 Å². The number of nitriles is 1. The van der Waals surface area contributed by atoms with Crippen molar-refractivity contribution in [3.63, 3.8) is 0 Å².